The number of rotatable bonds is 7. The number of anilines is 2. The highest BCUT2D eigenvalue weighted by molar-refractivity contribution is 5.67. The standard InChI is InChI=1S/C12H18F2N2O/c1-17-7-3-2-6-16-11-5-4-9(12(13)14)8-10(11)15/h4-5,8,12,16H,2-3,6-7,15H2,1H3. The maximum absolute atomic E-state index is 12.4. The van der Waals surface area contributed by atoms with Crippen molar-refractivity contribution >= 4 is 11.4 Å². The van der Waals surface area contributed by atoms with Gasteiger partial charge in [0.25, 0.3) is 6.43 Å². The van der Waals surface area contributed by atoms with Crippen molar-refractivity contribution in [2.24, 2.45) is 0 Å². The van der Waals surface area contributed by atoms with E-state index in [1.165, 1.54) is 12.1 Å². The summed E-state index contributed by atoms with van der Waals surface area (Å²) < 4.78 is 29.7. The first-order valence-corrected chi connectivity index (χ1v) is 5.55. The molecule has 0 bridgehead atoms. The first-order chi connectivity index (χ1) is 8.15. The topological polar surface area (TPSA) is 47.3 Å². The molecule has 0 spiro atoms. The smallest absolute Gasteiger partial charge is 0.263 e. The van der Waals surface area contributed by atoms with Gasteiger partial charge in [0.05, 0.1) is 11.4 Å². The monoisotopic (exact) mass is 244 g/mol. The van der Waals surface area contributed by atoms with Gasteiger partial charge in [0.2, 0.25) is 0 Å². The second-order valence-corrected chi connectivity index (χ2v) is 3.77. The van der Waals surface area contributed by atoms with E-state index in [0.717, 1.165) is 26.0 Å². The van der Waals surface area contributed by atoms with Crippen LogP contribution in [0.2, 0.25) is 0 Å². The second-order valence-electron chi connectivity index (χ2n) is 3.77. The van der Waals surface area contributed by atoms with Crippen molar-refractivity contribution in [3.05, 3.63) is 23.8 Å². The molecule has 96 valence electrons. The van der Waals surface area contributed by atoms with E-state index >= 15 is 0 Å². The largest absolute Gasteiger partial charge is 0.397 e. The number of nitrogens with one attached hydrogen (secondary N) is 1. The average molecular weight is 244 g/mol. The minimum absolute atomic E-state index is 0.0487. The van der Waals surface area contributed by atoms with Gasteiger partial charge in [-0.1, -0.05) is 6.07 Å². The van der Waals surface area contributed by atoms with E-state index in [4.69, 9.17) is 10.5 Å². The van der Waals surface area contributed by atoms with Crippen LogP contribution in [-0.2, 0) is 4.74 Å². The number of halogens is 2. The number of unbranched alkanes of at least 4 members (excludes halogenated alkanes) is 1. The Bertz CT molecular complexity index is 345. The number of hydrogen-bond donors (Lipinski definition) is 2. The van der Waals surface area contributed by atoms with E-state index in [-0.39, 0.29) is 5.56 Å². The highest BCUT2D eigenvalue weighted by atomic mass is 19.3. The molecule has 0 aliphatic carbocycles. The quantitative estimate of drug-likeness (QED) is 0.572. The maximum atomic E-state index is 12.4. The van der Waals surface area contributed by atoms with Crippen molar-refractivity contribution in [1.29, 1.82) is 0 Å². The van der Waals surface area contributed by atoms with Gasteiger partial charge in [0.1, 0.15) is 0 Å². The summed E-state index contributed by atoms with van der Waals surface area (Å²) in [6.45, 7) is 1.48. The van der Waals surface area contributed by atoms with Gasteiger partial charge >= 0.3 is 0 Å². The van der Waals surface area contributed by atoms with Gasteiger partial charge in [-0.3, -0.25) is 0 Å². The van der Waals surface area contributed by atoms with Crippen molar-refractivity contribution in [2.45, 2.75) is 19.3 Å². The zero-order chi connectivity index (χ0) is 12.7. The Morgan fingerprint density at radius 3 is 2.71 bits per heavy atom. The number of ether oxygens (including phenoxy) is 1. The van der Waals surface area contributed by atoms with Gasteiger partial charge in [-0.2, -0.15) is 0 Å². The predicted octanol–water partition coefficient (Wildman–Crippen LogP) is 3.04. The lowest BCUT2D eigenvalue weighted by molar-refractivity contribution is 0.151. The van der Waals surface area contributed by atoms with E-state index in [2.05, 4.69) is 5.32 Å². The summed E-state index contributed by atoms with van der Waals surface area (Å²) in [6.07, 6.45) is -0.573. The molecule has 0 aromatic heterocycles. The van der Waals surface area contributed by atoms with E-state index in [0.29, 0.717) is 11.4 Å². The lowest BCUT2D eigenvalue weighted by Gasteiger charge is -2.10. The van der Waals surface area contributed by atoms with Crippen LogP contribution in [0, 0.1) is 0 Å². The van der Waals surface area contributed by atoms with Crippen LogP contribution < -0.4 is 11.1 Å². The summed E-state index contributed by atoms with van der Waals surface area (Å²) in [5, 5.41) is 3.11. The minimum atomic E-state index is -2.48. The molecule has 0 saturated carbocycles. The van der Waals surface area contributed by atoms with Crippen LogP contribution in [0.25, 0.3) is 0 Å². The Balaban J connectivity index is 2.43. The highest BCUT2D eigenvalue weighted by Crippen LogP contribution is 2.26. The van der Waals surface area contributed by atoms with Crippen molar-refractivity contribution in [1.82, 2.24) is 0 Å². The number of nitrogens with two attached hydrogens (primary N) is 1. The zero-order valence-corrected chi connectivity index (χ0v) is 9.88. The summed E-state index contributed by atoms with van der Waals surface area (Å²) in [6, 6.07) is 4.29. The number of nitrogen functional groups attached to an aromatic ring is 1. The second kappa shape index (κ2) is 7.06. The number of methoxy groups -OCH3 is 1. The van der Waals surface area contributed by atoms with Crippen molar-refractivity contribution < 1.29 is 13.5 Å². The van der Waals surface area contributed by atoms with Crippen molar-refractivity contribution in [3.8, 4) is 0 Å². The molecule has 0 atom stereocenters. The Kier molecular flexibility index (Phi) is 5.69. The van der Waals surface area contributed by atoms with Crippen LogP contribution >= 0.6 is 0 Å². The molecule has 0 unspecified atom stereocenters. The Morgan fingerprint density at radius 1 is 1.35 bits per heavy atom. The molecule has 0 radical (unpaired) electrons. The molecule has 0 aliphatic heterocycles. The Morgan fingerprint density at radius 2 is 2.12 bits per heavy atom. The fourth-order valence-corrected chi connectivity index (χ4v) is 1.47. The van der Waals surface area contributed by atoms with Gasteiger partial charge in [-0.15, -0.1) is 0 Å². The Hall–Kier alpha value is -1.36. The van der Waals surface area contributed by atoms with Crippen LogP contribution in [0.15, 0.2) is 18.2 Å². The molecule has 0 heterocycles. The SMILES string of the molecule is COCCCCNc1ccc(C(F)F)cc1N. The van der Waals surface area contributed by atoms with Crippen molar-refractivity contribution in [2.75, 3.05) is 31.3 Å². The van der Waals surface area contributed by atoms with E-state index in [9.17, 15) is 8.78 Å². The van der Waals surface area contributed by atoms with Gasteiger partial charge < -0.3 is 15.8 Å². The molecule has 0 fully saturated rings. The first kappa shape index (κ1) is 13.7. The average Bonchev–Trinajstić information content (AvgIpc) is 2.30. The van der Waals surface area contributed by atoms with E-state index in [1.807, 2.05) is 0 Å². The fraction of sp³-hybridized carbons (Fsp3) is 0.500. The lowest BCUT2D eigenvalue weighted by atomic mass is 10.1. The molecular weight excluding hydrogens is 226 g/mol. The van der Waals surface area contributed by atoms with Gasteiger partial charge in [-0.25, -0.2) is 8.78 Å². The summed E-state index contributed by atoms with van der Waals surface area (Å²) >= 11 is 0. The highest BCUT2D eigenvalue weighted by Gasteiger charge is 2.08. The summed E-state index contributed by atoms with van der Waals surface area (Å²) in [5.74, 6) is 0. The Labute approximate surface area is 100.0 Å². The maximum Gasteiger partial charge on any atom is 0.263 e. The number of alkyl halides is 2. The molecule has 3 nitrogen and oxygen atoms in total. The summed E-state index contributed by atoms with van der Waals surface area (Å²) in [4.78, 5) is 0. The predicted molar refractivity (Wildman–Crippen MR) is 65.4 cm³/mol. The molecular formula is C12H18F2N2O. The molecule has 0 aliphatic rings. The molecule has 0 saturated heterocycles. The van der Waals surface area contributed by atoms with Gasteiger partial charge in [-0.05, 0) is 25.0 Å². The van der Waals surface area contributed by atoms with Crippen LogP contribution in [0.5, 0.6) is 0 Å². The van der Waals surface area contributed by atoms with E-state index in [1.54, 1.807) is 13.2 Å². The van der Waals surface area contributed by atoms with E-state index < -0.39 is 6.43 Å². The normalized spacial score (nSPS) is 10.8. The molecule has 1 aromatic rings. The molecule has 17 heavy (non-hydrogen) atoms. The zero-order valence-electron chi connectivity index (χ0n) is 9.88. The lowest BCUT2D eigenvalue weighted by Crippen LogP contribution is -2.05. The third-order valence-corrected chi connectivity index (χ3v) is 2.42. The minimum Gasteiger partial charge on any atom is -0.397 e. The summed E-state index contributed by atoms with van der Waals surface area (Å²) in [5.41, 5.74) is 6.69. The number of benzene rings is 1. The summed E-state index contributed by atoms with van der Waals surface area (Å²) in [7, 11) is 1.66. The molecule has 1 rings (SSSR count). The van der Waals surface area contributed by atoms with Gasteiger partial charge in [0.15, 0.2) is 0 Å². The van der Waals surface area contributed by atoms with Crippen LogP contribution in [0.3, 0.4) is 0 Å². The fourth-order valence-electron chi connectivity index (χ4n) is 1.47. The third-order valence-electron chi connectivity index (χ3n) is 2.42. The van der Waals surface area contributed by atoms with Crippen LogP contribution in [0.4, 0.5) is 20.2 Å². The molecule has 0 amide bonds. The molecule has 5 heteroatoms. The van der Waals surface area contributed by atoms with Gasteiger partial charge in [0, 0.05) is 25.8 Å². The molecule has 3 N–H and O–H groups in total. The van der Waals surface area contributed by atoms with Crippen molar-refractivity contribution in [3.63, 3.8) is 0 Å². The molecule has 1 aromatic carbocycles. The third kappa shape index (κ3) is 4.56. The number of hydrogen-bond acceptors (Lipinski definition) is 3. The van der Waals surface area contributed by atoms with Crippen LogP contribution in [-0.4, -0.2) is 20.3 Å². The van der Waals surface area contributed by atoms with Crippen LogP contribution in [0.1, 0.15) is 24.8 Å². The first-order valence-electron chi connectivity index (χ1n) is 5.55.